The fourth-order valence-corrected chi connectivity index (χ4v) is 4.94. The minimum Gasteiger partial charge on any atom is -0.484 e. The number of aryl methyl sites for hydroxylation is 1. The molecule has 3 aromatic rings. The highest BCUT2D eigenvalue weighted by Gasteiger charge is 2.27. The normalized spacial score (nSPS) is 11.2. The SMILES string of the molecule is Cc1ccc(S(=O)(=O)N(CCO)c2ccccc2CN(C)C(=O)COc2ccc(Cl)cc2)cc1. The Morgan fingerprint density at radius 2 is 1.65 bits per heavy atom. The summed E-state index contributed by atoms with van der Waals surface area (Å²) in [5, 5.41) is 10.2. The lowest BCUT2D eigenvalue weighted by molar-refractivity contribution is -0.132. The van der Waals surface area contributed by atoms with E-state index in [1.807, 2.05) is 6.92 Å². The second-order valence-electron chi connectivity index (χ2n) is 7.73. The number of carbonyl (C=O) groups excluding carboxylic acids is 1. The average molecular weight is 503 g/mol. The zero-order valence-electron chi connectivity index (χ0n) is 19.0. The molecule has 34 heavy (non-hydrogen) atoms. The van der Waals surface area contributed by atoms with Gasteiger partial charge in [0.25, 0.3) is 15.9 Å². The van der Waals surface area contributed by atoms with E-state index in [1.54, 1.807) is 79.8 Å². The molecule has 0 spiro atoms. The molecule has 0 aliphatic heterocycles. The van der Waals surface area contributed by atoms with Crippen LogP contribution in [0.25, 0.3) is 0 Å². The Morgan fingerprint density at radius 3 is 2.29 bits per heavy atom. The summed E-state index contributed by atoms with van der Waals surface area (Å²) in [6.07, 6.45) is 0. The van der Waals surface area contributed by atoms with Gasteiger partial charge in [0.05, 0.1) is 23.7 Å². The molecule has 0 aliphatic carbocycles. The molecule has 0 fully saturated rings. The number of hydrogen-bond donors (Lipinski definition) is 1. The van der Waals surface area contributed by atoms with Crippen LogP contribution in [0.5, 0.6) is 5.75 Å². The highest BCUT2D eigenvalue weighted by atomic mass is 35.5. The van der Waals surface area contributed by atoms with Crippen molar-refractivity contribution in [2.75, 3.05) is 31.1 Å². The molecule has 180 valence electrons. The summed E-state index contributed by atoms with van der Waals surface area (Å²) in [7, 11) is -2.31. The average Bonchev–Trinajstić information content (AvgIpc) is 2.82. The number of nitrogens with zero attached hydrogens (tertiary/aromatic N) is 2. The van der Waals surface area contributed by atoms with Crippen molar-refractivity contribution in [1.29, 1.82) is 0 Å². The van der Waals surface area contributed by atoms with Crippen LogP contribution < -0.4 is 9.04 Å². The maximum Gasteiger partial charge on any atom is 0.264 e. The number of para-hydroxylation sites is 1. The number of halogens is 1. The van der Waals surface area contributed by atoms with E-state index < -0.39 is 10.0 Å². The Hall–Kier alpha value is -3.07. The third kappa shape index (κ3) is 6.28. The molecule has 0 saturated carbocycles. The second-order valence-corrected chi connectivity index (χ2v) is 10.0. The van der Waals surface area contributed by atoms with E-state index in [1.165, 1.54) is 9.21 Å². The number of benzene rings is 3. The highest BCUT2D eigenvalue weighted by Crippen LogP contribution is 2.28. The first-order valence-electron chi connectivity index (χ1n) is 10.6. The molecule has 0 bridgehead atoms. The Morgan fingerprint density at radius 1 is 1.00 bits per heavy atom. The second kappa shape index (κ2) is 11.4. The first kappa shape index (κ1) is 25.6. The van der Waals surface area contributed by atoms with Crippen LogP contribution in [0.2, 0.25) is 5.02 Å². The fraction of sp³-hybridized carbons (Fsp3) is 0.240. The predicted molar refractivity (Wildman–Crippen MR) is 133 cm³/mol. The number of amides is 1. The maximum absolute atomic E-state index is 13.4. The Balaban J connectivity index is 1.80. The van der Waals surface area contributed by atoms with Gasteiger partial charge < -0.3 is 14.7 Å². The van der Waals surface area contributed by atoms with Crippen molar-refractivity contribution < 1.29 is 23.1 Å². The Bertz CT molecular complexity index is 1210. The van der Waals surface area contributed by atoms with E-state index in [2.05, 4.69) is 0 Å². The largest absolute Gasteiger partial charge is 0.484 e. The molecular weight excluding hydrogens is 476 g/mol. The molecule has 3 aromatic carbocycles. The summed E-state index contributed by atoms with van der Waals surface area (Å²) >= 11 is 5.86. The Kier molecular flexibility index (Phi) is 8.55. The van der Waals surface area contributed by atoms with Crippen LogP contribution in [0.15, 0.2) is 77.7 Å². The minimum absolute atomic E-state index is 0.120. The topological polar surface area (TPSA) is 87.2 Å². The van der Waals surface area contributed by atoms with Gasteiger partial charge in [-0.1, -0.05) is 47.5 Å². The van der Waals surface area contributed by atoms with Crippen molar-refractivity contribution in [2.45, 2.75) is 18.4 Å². The number of carbonyl (C=O) groups is 1. The number of anilines is 1. The number of ether oxygens (including phenoxy) is 1. The van der Waals surface area contributed by atoms with Crippen LogP contribution in [0.3, 0.4) is 0 Å². The molecule has 7 nitrogen and oxygen atoms in total. The summed E-state index contributed by atoms with van der Waals surface area (Å²) in [6.45, 7) is 1.38. The van der Waals surface area contributed by atoms with Crippen molar-refractivity contribution in [2.24, 2.45) is 0 Å². The molecule has 0 radical (unpaired) electrons. The predicted octanol–water partition coefficient (Wildman–Crippen LogP) is 3.87. The van der Waals surface area contributed by atoms with Gasteiger partial charge in [0, 0.05) is 18.6 Å². The van der Waals surface area contributed by atoms with Crippen molar-refractivity contribution in [1.82, 2.24) is 4.90 Å². The summed E-state index contributed by atoms with van der Waals surface area (Å²) in [6, 6.07) is 20.1. The van der Waals surface area contributed by atoms with Crippen molar-refractivity contribution in [3.63, 3.8) is 0 Å². The van der Waals surface area contributed by atoms with Gasteiger partial charge in [-0.15, -0.1) is 0 Å². The van der Waals surface area contributed by atoms with Gasteiger partial charge in [0.15, 0.2) is 6.61 Å². The van der Waals surface area contributed by atoms with Gasteiger partial charge >= 0.3 is 0 Å². The number of likely N-dealkylation sites (N-methyl/N-ethyl adjacent to an activating group) is 1. The molecule has 0 heterocycles. The van der Waals surface area contributed by atoms with Crippen LogP contribution in [-0.2, 0) is 21.4 Å². The molecule has 0 aliphatic rings. The monoisotopic (exact) mass is 502 g/mol. The standard InChI is InChI=1S/C25H27ClN2O5S/c1-19-7-13-23(14-8-19)34(31,32)28(15-16-29)24-6-4-3-5-20(24)17-27(2)25(30)18-33-22-11-9-21(26)10-12-22/h3-14,29H,15-18H2,1-2H3. The van der Waals surface area contributed by atoms with Gasteiger partial charge in [-0.2, -0.15) is 0 Å². The third-order valence-electron chi connectivity index (χ3n) is 5.18. The quantitative estimate of drug-likeness (QED) is 0.454. The van der Waals surface area contributed by atoms with E-state index in [0.717, 1.165) is 5.56 Å². The zero-order valence-corrected chi connectivity index (χ0v) is 20.6. The van der Waals surface area contributed by atoms with E-state index >= 15 is 0 Å². The summed E-state index contributed by atoms with van der Waals surface area (Å²) in [5.41, 5.74) is 1.96. The van der Waals surface area contributed by atoms with Crippen LogP contribution in [0.1, 0.15) is 11.1 Å². The van der Waals surface area contributed by atoms with Crippen LogP contribution in [-0.4, -0.2) is 51.1 Å². The third-order valence-corrected chi connectivity index (χ3v) is 7.26. The first-order chi connectivity index (χ1) is 16.2. The molecular formula is C25H27ClN2O5S. The first-order valence-corrected chi connectivity index (χ1v) is 12.4. The maximum atomic E-state index is 13.4. The lowest BCUT2D eigenvalue weighted by Crippen LogP contribution is -2.36. The van der Waals surface area contributed by atoms with Crippen molar-refractivity contribution in [3.05, 3.63) is 88.9 Å². The molecule has 9 heteroatoms. The molecule has 0 unspecified atom stereocenters. The van der Waals surface area contributed by atoms with E-state index in [-0.39, 0.29) is 37.1 Å². The number of sulfonamides is 1. The lowest BCUT2D eigenvalue weighted by Gasteiger charge is -2.27. The summed E-state index contributed by atoms with van der Waals surface area (Å²) in [5.74, 6) is 0.240. The number of aliphatic hydroxyl groups excluding tert-OH is 1. The fourth-order valence-electron chi connectivity index (χ4n) is 3.32. The van der Waals surface area contributed by atoms with Crippen molar-refractivity contribution >= 4 is 33.2 Å². The van der Waals surface area contributed by atoms with Gasteiger partial charge in [-0.3, -0.25) is 9.10 Å². The number of hydrogen-bond acceptors (Lipinski definition) is 5. The van der Waals surface area contributed by atoms with Gasteiger partial charge in [0.2, 0.25) is 0 Å². The Labute approximate surface area is 205 Å². The van der Waals surface area contributed by atoms with E-state index in [4.69, 9.17) is 16.3 Å². The van der Waals surface area contributed by atoms with Crippen LogP contribution in [0.4, 0.5) is 5.69 Å². The minimum atomic E-state index is -3.93. The smallest absolute Gasteiger partial charge is 0.264 e. The van der Waals surface area contributed by atoms with Crippen LogP contribution in [0, 0.1) is 6.92 Å². The molecule has 0 saturated heterocycles. The summed E-state index contributed by atoms with van der Waals surface area (Å²) < 4.78 is 33.5. The zero-order chi connectivity index (χ0) is 24.7. The van der Waals surface area contributed by atoms with Gasteiger partial charge in [0.1, 0.15) is 5.75 Å². The molecule has 1 amide bonds. The number of aliphatic hydroxyl groups is 1. The summed E-state index contributed by atoms with van der Waals surface area (Å²) in [4.78, 5) is 14.2. The molecule has 3 rings (SSSR count). The van der Waals surface area contributed by atoms with Gasteiger partial charge in [-0.05, 0) is 55.0 Å². The molecule has 1 N–H and O–H groups in total. The number of rotatable bonds is 10. The van der Waals surface area contributed by atoms with Crippen molar-refractivity contribution in [3.8, 4) is 5.75 Å². The van der Waals surface area contributed by atoms with E-state index in [9.17, 15) is 18.3 Å². The van der Waals surface area contributed by atoms with Gasteiger partial charge in [-0.25, -0.2) is 8.42 Å². The van der Waals surface area contributed by atoms with E-state index in [0.29, 0.717) is 22.0 Å². The molecule has 0 atom stereocenters. The lowest BCUT2D eigenvalue weighted by atomic mass is 10.1. The molecule has 0 aromatic heterocycles. The van der Waals surface area contributed by atoms with Crippen LogP contribution >= 0.6 is 11.6 Å². The highest BCUT2D eigenvalue weighted by molar-refractivity contribution is 7.92.